The molecule has 118 valence electrons. The minimum absolute atomic E-state index is 0.0391. The highest BCUT2D eigenvalue weighted by molar-refractivity contribution is 5.93. The van der Waals surface area contributed by atoms with Crippen LogP contribution in [0.15, 0.2) is 16.7 Å². The van der Waals surface area contributed by atoms with Gasteiger partial charge in [0, 0.05) is 13.1 Å². The molecule has 3 N–H and O–H groups in total. The average Bonchev–Trinajstić information content (AvgIpc) is 3.02. The number of nitrogens with one attached hydrogen (secondary N) is 1. The molecule has 1 aromatic rings. The summed E-state index contributed by atoms with van der Waals surface area (Å²) in [7, 11) is 0. The van der Waals surface area contributed by atoms with E-state index < -0.39 is 12.7 Å². The Labute approximate surface area is 120 Å². The van der Waals surface area contributed by atoms with E-state index in [1.54, 1.807) is 6.07 Å². The SMILES string of the molecule is NCc1cc(C(=O)NCC2CCN(CC(F)(F)F)C2)co1. The van der Waals surface area contributed by atoms with Gasteiger partial charge in [-0.05, 0) is 24.9 Å². The summed E-state index contributed by atoms with van der Waals surface area (Å²) >= 11 is 0. The van der Waals surface area contributed by atoms with Crippen LogP contribution < -0.4 is 11.1 Å². The first-order chi connectivity index (χ1) is 9.87. The molecule has 0 aromatic carbocycles. The highest BCUT2D eigenvalue weighted by atomic mass is 19.4. The Balaban J connectivity index is 1.75. The van der Waals surface area contributed by atoms with Crippen LogP contribution in [0.1, 0.15) is 22.5 Å². The van der Waals surface area contributed by atoms with Crippen molar-refractivity contribution in [3.63, 3.8) is 0 Å². The van der Waals surface area contributed by atoms with Gasteiger partial charge >= 0.3 is 6.18 Å². The third-order valence-electron chi connectivity index (χ3n) is 3.44. The van der Waals surface area contributed by atoms with Gasteiger partial charge in [-0.25, -0.2) is 0 Å². The van der Waals surface area contributed by atoms with Crippen molar-refractivity contribution in [3.8, 4) is 0 Å². The number of hydrogen-bond donors (Lipinski definition) is 2. The zero-order chi connectivity index (χ0) is 15.5. The van der Waals surface area contributed by atoms with E-state index in [1.165, 1.54) is 11.2 Å². The standard InChI is InChI=1S/C13H18F3N3O2/c14-13(15,16)8-19-2-1-9(6-19)5-18-12(20)10-3-11(4-17)21-7-10/h3,7,9H,1-2,4-6,8,17H2,(H,18,20). The molecule has 1 unspecified atom stereocenters. The second-order valence-corrected chi connectivity index (χ2v) is 5.22. The Morgan fingerprint density at radius 3 is 2.90 bits per heavy atom. The number of hydrogen-bond acceptors (Lipinski definition) is 4. The fourth-order valence-corrected chi connectivity index (χ4v) is 2.42. The van der Waals surface area contributed by atoms with Gasteiger partial charge in [0.05, 0.1) is 18.7 Å². The lowest BCUT2D eigenvalue weighted by Gasteiger charge is -2.17. The van der Waals surface area contributed by atoms with Crippen molar-refractivity contribution < 1.29 is 22.4 Å². The molecule has 0 saturated carbocycles. The molecule has 2 heterocycles. The minimum atomic E-state index is -4.17. The van der Waals surface area contributed by atoms with E-state index in [0.717, 1.165) is 0 Å². The molecule has 1 aliphatic rings. The van der Waals surface area contributed by atoms with Crippen molar-refractivity contribution in [2.45, 2.75) is 19.1 Å². The van der Waals surface area contributed by atoms with Gasteiger partial charge < -0.3 is 15.5 Å². The van der Waals surface area contributed by atoms with E-state index in [0.29, 0.717) is 37.4 Å². The largest absolute Gasteiger partial charge is 0.467 e. The van der Waals surface area contributed by atoms with Gasteiger partial charge in [0.25, 0.3) is 5.91 Å². The van der Waals surface area contributed by atoms with Crippen LogP contribution in [0.4, 0.5) is 13.2 Å². The lowest BCUT2D eigenvalue weighted by molar-refractivity contribution is -0.143. The third-order valence-corrected chi connectivity index (χ3v) is 3.44. The van der Waals surface area contributed by atoms with Gasteiger partial charge in [-0.2, -0.15) is 13.2 Å². The van der Waals surface area contributed by atoms with Crippen LogP contribution >= 0.6 is 0 Å². The second-order valence-electron chi connectivity index (χ2n) is 5.22. The lowest BCUT2D eigenvalue weighted by Crippen LogP contribution is -2.34. The fraction of sp³-hybridized carbons (Fsp3) is 0.615. The number of nitrogens with two attached hydrogens (primary N) is 1. The Morgan fingerprint density at radius 2 is 2.29 bits per heavy atom. The Morgan fingerprint density at radius 1 is 1.52 bits per heavy atom. The van der Waals surface area contributed by atoms with Crippen molar-refractivity contribution in [3.05, 3.63) is 23.7 Å². The highest BCUT2D eigenvalue weighted by Gasteiger charge is 2.34. The van der Waals surface area contributed by atoms with Crippen molar-refractivity contribution in [1.82, 2.24) is 10.2 Å². The molecule has 21 heavy (non-hydrogen) atoms. The van der Waals surface area contributed by atoms with Gasteiger partial charge in [0.1, 0.15) is 12.0 Å². The van der Waals surface area contributed by atoms with Crippen molar-refractivity contribution in [2.75, 3.05) is 26.2 Å². The summed E-state index contributed by atoms with van der Waals surface area (Å²) < 4.78 is 41.9. The predicted octanol–water partition coefficient (Wildman–Crippen LogP) is 1.35. The molecule has 0 bridgehead atoms. The summed E-state index contributed by atoms with van der Waals surface area (Å²) in [5.41, 5.74) is 5.76. The van der Waals surface area contributed by atoms with Gasteiger partial charge in [0.2, 0.25) is 0 Å². The third kappa shape index (κ3) is 4.75. The Bertz CT molecular complexity index is 487. The molecule has 5 nitrogen and oxygen atoms in total. The highest BCUT2D eigenvalue weighted by Crippen LogP contribution is 2.22. The lowest BCUT2D eigenvalue weighted by atomic mass is 10.1. The number of furan rings is 1. The van der Waals surface area contributed by atoms with Crippen LogP contribution in [0.25, 0.3) is 0 Å². The second kappa shape index (κ2) is 6.48. The summed E-state index contributed by atoms with van der Waals surface area (Å²) in [6.45, 7) is 0.431. The number of rotatable bonds is 5. The molecule has 0 radical (unpaired) electrons. The molecule has 8 heteroatoms. The summed E-state index contributed by atoms with van der Waals surface area (Å²) in [6, 6.07) is 1.56. The van der Waals surface area contributed by atoms with Crippen molar-refractivity contribution in [1.29, 1.82) is 0 Å². The first-order valence-corrected chi connectivity index (χ1v) is 6.72. The molecular weight excluding hydrogens is 287 g/mol. The first-order valence-electron chi connectivity index (χ1n) is 6.72. The number of nitrogens with zero attached hydrogens (tertiary/aromatic N) is 1. The van der Waals surface area contributed by atoms with E-state index in [4.69, 9.17) is 10.2 Å². The minimum Gasteiger partial charge on any atom is -0.467 e. The maximum absolute atomic E-state index is 12.3. The van der Waals surface area contributed by atoms with Gasteiger partial charge in [-0.3, -0.25) is 9.69 Å². The summed E-state index contributed by atoms with van der Waals surface area (Å²) in [4.78, 5) is 13.2. The number of alkyl halides is 3. The number of carbonyl (C=O) groups is 1. The normalized spacial score (nSPS) is 19.9. The zero-order valence-corrected chi connectivity index (χ0v) is 11.4. The van der Waals surface area contributed by atoms with E-state index in [1.807, 2.05) is 0 Å². The molecule has 1 fully saturated rings. The smallest absolute Gasteiger partial charge is 0.401 e. The molecule has 1 saturated heterocycles. The molecule has 2 rings (SSSR count). The van der Waals surface area contributed by atoms with Crippen molar-refractivity contribution >= 4 is 5.91 Å². The summed E-state index contributed by atoms with van der Waals surface area (Å²) in [5.74, 6) is 0.252. The van der Waals surface area contributed by atoms with Crippen LogP contribution in [0.3, 0.4) is 0 Å². The molecule has 1 aliphatic heterocycles. The Kier molecular flexibility index (Phi) is 4.89. The molecule has 1 aromatic heterocycles. The summed E-state index contributed by atoms with van der Waals surface area (Å²) in [6.07, 6.45) is -2.20. The maximum atomic E-state index is 12.3. The average molecular weight is 305 g/mol. The molecule has 1 amide bonds. The van der Waals surface area contributed by atoms with Crippen LogP contribution in [0.2, 0.25) is 0 Å². The van der Waals surface area contributed by atoms with Gasteiger partial charge in [0.15, 0.2) is 0 Å². The number of likely N-dealkylation sites (tertiary alicyclic amines) is 1. The number of amides is 1. The van der Waals surface area contributed by atoms with Crippen molar-refractivity contribution in [2.24, 2.45) is 11.7 Å². The number of halogens is 3. The Hall–Kier alpha value is -1.54. The predicted molar refractivity (Wildman–Crippen MR) is 69.5 cm³/mol. The van der Waals surface area contributed by atoms with Crippen LogP contribution in [-0.2, 0) is 6.54 Å². The van der Waals surface area contributed by atoms with Crippen LogP contribution in [-0.4, -0.2) is 43.2 Å². The monoisotopic (exact) mass is 305 g/mol. The topological polar surface area (TPSA) is 71.5 Å². The zero-order valence-electron chi connectivity index (χ0n) is 11.4. The molecular formula is C13H18F3N3O2. The quantitative estimate of drug-likeness (QED) is 0.861. The van der Waals surface area contributed by atoms with E-state index in [2.05, 4.69) is 5.32 Å². The fourth-order valence-electron chi connectivity index (χ4n) is 2.42. The first kappa shape index (κ1) is 15.8. The molecule has 0 spiro atoms. The summed E-state index contributed by atoms with van der Waals surface area (Å²) in [5, 5.41) is 2.71. The maximum Gasteiger partial charge on any atom is 0.401 e. The van der Waals surface area contributed by atoms with E-state index >= 15 is 0 Å². The van der Waals surface area contributed by atoms with Gasteiger partial charge in [-0.15, -0.1) is 0 Å². The van der Waals surface area contributed by atoms with Crippen LogP contribution in [0, 0.1) is 5.92 Å². The molecule has 1 atom stereocenters. The van der Waals surface area contributed by atoms with Gasteiger partial charge in [-0.1, -0.05) is 0 Å². The molecule has 0 aliphatic carbocycles. The van der Waals surface area contributed by atoms with E-state index in [9.17, 15) is 18.0 Å². The van der Waals surface area contributed by atoms with E-state index in [-0.39, 0.29) is 18.4 Å². The van der Waals surface area contributed by atoms with Crippen LogP contribution in [0.5, 0.6) is 0 Å². The number of carbonyl (C=O) groups excluding carboxylic acids is 1.